The van der Waals surface area contributed by atoms with Crippen LogP contribution in [0.2, 0.25) is 0 Å². The largest absolute Gasteiger partial charge is 0.276 e. The second-order valence-corrected chi connectivity index (χ2v) is 5.23. The van der Waals surface area contributed by atoms with Gasteiger partial charge in [0.2, 0.25) is 0 Å². The lowest BCUT2D eigenvalue weighted by molar-refractivity contribution is 0.107. The van der Waals surface area contributed by atoms with Crippen LogP contribution in [0.4, 0.5) is 0 Å². The van der Waals surface area contributed by atoms with Crippen molar-refractivity contribution >= 4 is 33.7 Å². The smallest absolute Gasteiger partial charge is 0.252 e. The summed E-state index contributed by atoms with van der Waals surface area (Å²) in [5.74, 6) is 0. The van der Waals surface area contributed by atoms with E-state index in [2.05, 4.69) is 13.8 Å². The average molecular weight is 317 g/mol. The summed E-state index contributed by atoms with van der Waals surface area (Å²) in [5.41, 5.74) is 0.691. The molecule has 0 unspecified atom stereocenters. The van der Waals surface area contributed by atoms with Gasteiger partial charge in [-0.1, -0.05) is 52.4 Å². The SMILES string of the molecule is CCCCCCCC.O=C(Cl)c1ccc(C(=O)Cl)cc1. The van der Waals surface area contributed by atoms with Gasteiger partial charge in [0.1, 0.15) is 0 Å². The minimum Gasteiger partial charge on any atom is -0.276 e. The molecular weight excluding hydrogens is 295 g/mol. The Hall–Kier alpha value is -0.860. The molecule has 0 amide bonds. The zero-order valence-electron chi connectivity index (χ0n) is 12.1. The van der Waals surface area contributed by atoms with E-state index >= 15 is 0 Å². The van der Waals surface area contributed by atoms with Crippen LogP contribution in [0.25, 0.3) is 0 Å². The molecule has 0 heterocycles. The Morgan fingerprint density at radius 3 is 1.25 bits per heavy atom. The molecule has 1 aromatic carbocycles. The van der Waals surface area contributed by atoms with Crippen LogP contribution < -0.4 is 0 Å². The summed E-state index contributed by atoms with van der Waals surface area (Å²) in [4.78, 5) is 21.1. The molecule has 1 aromatic rings. The number of hydrogen-bond acceptors (Lipinski definition) is 2. The van der Waals surface area contributed by atoms with Crippen molar-refractivity contribution in [1.29, 1.82) is 0 Å². The van der Waals surface area contributed by atoms with E-state index in [0.717, 1.165) is 0 Å². The first-order valence-corrected chi connectivity index (χ1v) is 7.78. The van der Waals surface area contributed by atoms with Crippen molar-refractivity contribution in [1.82, 2.24) is 0 Å². The third-order valence-corrected chi connectivity index (χ3v) is 3.23. The van der Waals surface area contributed by atoms with Crippen molar-refractivity contribution in [3.05, 3.63) is 35.4 Å². The van der Waals surface area contributed by atoms with E-state index in [9.17, 15) is 9.59 Å². The molecule has 4 heteroatoms. The number of halogens is 2. The molecule has 0 spiro atoms. The highest BCUT2D eigenvalue weighted by molar-refractivity contribution is 6.68. The highest BCUT2D eigenvalue weighted by atomic mass is 35.5. The van der Waals surface area contributed by atoms with Crippen molar-refractivity contribution in [2.75, 3.05) is 0 Å². The number of unbranched alkanes of at least 4 members (excludes halogenated alkanes) is 5. The van der Waals surface area contributed by atoms with Gasteiger partial charge in [0.25, 0.3) is 10.5 Å². The van der Waals surface area contributed by atoms with E-state index in [-0.39, 0.29) is 0 Å². The molecule has 0 atom stereocenters. The first-order valence-electron chi connectivity index (χ1n) is 7.02. The van der Waals surface area contributed by atoms with E-state index in [1.165, 1.54) is 62.8 Å². The molecule has 0 N–H and O–H groups in total. The number of hydrogen-bond donors (Lipinski definition) is 0. The van der Waals surface area contributed by atoms with Gasteiger partial charge in [-0.3, -0.25) is 9.59 Å². The molecule has 0 fully saturated rings. The first kappa shape index (κ1) is 19.1. The Morgan fingerprint density at radius 2 is 1.05 bits per heavy atom. The molecule has 0 aliphatic heterocycles. The van der Waals surface area contributed by atoms with Gasteiger partial charge in [0, 0.05) is 11.1 Å². The van der Waals surface area contributed by atoms with E-state index in [0.29, 0.717) is 11.1 Å². The molecule has 1 rings (SSSR count). The highest BCUT2D eigenvalue weighted by Gasteiger charge is 2.03. The van der Waals surface area contributed by atoms with Crippen molar-refractivity contribution in [2.45, 2.75) is 52.4 Å². The molecular formula is C16H22Cl2O2. The standard InChI is InChI=1S/C8H4Cl2O2.C8H18/c9-7(11)5-1-2-6(4-3-5)8(10)12;1-3-5-7-8-6-4-2/h1-4H;3-8H2,1-2H3. The fraction of sp³-hybridized carbons (Fsp3) is 0.500. The Kier molecular flexibility index (Phi) is 11.4. The topological polar surface area (TPSA) is 34.1 Å². The summed E-state index contributed by atoms with van der Waals surface area (Å²) < 4.78 is 0. The van der Waals surface area contributed by atoms with Crippen LogP contribution in [0.1, 0.15) is 73.1 Å². The number of carbonyl (C=O) groups is 2. The van der Waals surface area contributed by atoms with E-state index in [4.69, 9.17) is 23.2 Å². The van der Waals surface area contributed by atoms with Gasteiger partial charge in [-0.05, 0) is 47.5 Å². The molecule has 0 aromatic heterocycles. The lowest BCUT2D eigenvalue weighted by Crippen LogP contribution is -1.92. The lowest BCUT2D eigenvalue weighted by atomic mass is 10.1. The number of rotatable bonds is 7. The molecule has 0 aliphatic carbocycles. The molecule has 0 aliphatic rings. The predicted octanol–water partition coefficient (Wildman–Crippen LogP) is 5.81. The first-order chi connectivity index (χ1) is 9.52. The van der Waals surface area contributed by atoms with Gasteiger partial charge in [-0.25, -0.2) is 0 Å². The van der Waals surface area contributed by atoms with Crippen molar-refractivity contribution in [2.24, 2.45) is 0 Å². The molecule has 0 radical (unpaired) electrons. The van der Waals surface area contributed by atoms with Crippen molar-refractivity contribution < 1.29 is 9.59 Å². The zero-order chi connectivity index (χ0) is 15.4. The van der Waals surface area contributed by atoms with Gasteiger partial charge < -0.3 is 0 Å². The van der Waals surface area contributed by atoms with Gasteiger partial charge in [-0.2, -0.15) is 0 Å². The Balaban J connectivity index is 0.000000396. The van der Waals surface area contributed by atoms with Crippen molar-refractivity contribution in [3.63, 3.8) is 0 Å². The van der Waals surface area contributed by atoms with Gasteiger partial charge in [0.15, 0.2) is 0 Å². The normalized spacial score (nSPS) is 9.60. The molecule has 0 saturated carbocycles. The van der Waals surface area contributed by atoms with E-state index < -0.39 is 10.5 Å². The monoisotopic (exact) mass is 316 g/mol. The average Bonchev–Trinajstić information content (AvgIpc) is 2.44. The maximum Gasteiger partial charge on any atom is 0.252 e. The third-order valence-electron chi connectivity index (χ3n) is 2.80. The van der Waals surface area contributed by atoms with Gasteiger partial charge in [0.05, 0.1) is 0 Å². The quantitative estimate of drug-likeness (QED) is 0.469. The number of carbonyl (C=O) groups excluding carboxylic acids is 2. The highest BCUT2D eigenvalue weighted by Crippen LogP contribution is 2.08. The van der Waals surface area contributed by atoms with Crippen LogP contribution in [-0.2, 0) is 0 Å². The van der Waals surface area contributed by atoms with E-state index in [1.54, 1.807) is 0 Å². The summed E-state index contributed by atoms with van der Waals surface area (Å²) in [6, 6.07) is 5.80. The summed E-state index contributed by atoms with van der Waals surface area (Å²) >= 11 is 10.4. The van der Waals surface area contributed by atoms with E-state index in [1.807, 2.05) is 0 Å². The van der Waals surface area contributed by atoms with Crippen LogP contribution >= 0.6 is 23.2 Å². The maximum absolute atomic E-state index is 10.6. The minimum atomic E-state index is -0.552. The van der Waals surface area contributed by atoms with Crippen LogP contribution in [0.15, 0.2) is 24.3 Å². The predicted molar refractivity (Wildman–Crippen MR) is 85.9 cm³/mol. The van der Waals surface area contributed by atoms with Crippen molar-refractivity contribution in [3.8, 4) is 0 Å². The zero-order valence-corrected chi connectivity index (χ0v) is 13.6. The van der Waals surface area contributed by atoms with Crippen LogP contribution in [0.3, 0.4) is 0 Å². The van der Waals surface area contributed by atoms with Gasteiger partial charge in [-0.15, -0.1) is 0 Å². The fourth-order valence-corrected chi connectivity index (χ4v) is 1.84. The summed E-state index contributed by atoms with van der Waals surface area (Å²) in [5, 5.41) is -1.10. The van der Waals surface area contributed by atoms with Crippen LogP contribution in [-0.4, -0.2) is 10.5 Å². The maximum atomic E-state index is 10.6. The lowest BCUT2D eigenvalue weighted by Gasteiger charge is -1.94. The second-order valence-electron chi connectivity index (χ2n) is 4.54. The Morgan fingerprint density at radius 1 is 0.750 bits per heavy atom. The molecule has 20 heavy (non-hydrogen) atoms. The molecule has 0 bridgehead atoms. The summed E-state index contributed by atoms with van der Waals surface area (Å²) in [6.45, 7) is 4.51. The third kappa shape index (κ3) is 9.11. The molecule has 0 saturated heterocycles. The summed E-state index contributed by atoms with van der Waals surface area (Å²) in [6.07, 6.45) is 8.49. The fourth-order valence-electron chi connectivity index (χ4n) is 1.59. The minimum absolute atomic E-state index is 0.346. The Bertz CT molecular complexity index is 360. The Labute approximate surface area is 131 Å². The number of benzene rings is 1. The van der Waals surface area contributed by atoms with Crippen LogP contribution in [0.5, 0.6) is 0 Å². The second kappa shape index (κ2) is 11.9. The van der Waals surface area contributed by atoms with Gasteiger partial charge >= 0.3 is 0 Å². The molecule has 112 valence electrons. The van der Waals surface area contributed by atoms with Crippen LogP contribution in [0, 0.1) is 0 Å². The molecule has 2 nitrogen and oxygen atoms in total. The summed E-state index contributed by atoms with van der Waals surface area (Å²) in [7, 11) is 0.